The summed E-state index contributed by atoms with van der Waals surface area (Å²) in [7, 11) is 0. The van der Waals surface area contributed by atoms with Crippen molar-refractivity contribution in [2.24, 2.45) is 0 Å². The van der Waals surface area contributed by atoms with Crippen molar-refractivity contribution in [2.75, 3.05) is 19.7 Å². The molecule has 2 fully saturated rings. The molecule has 1 aliphatic carbocycles. The molecule has 3 aliphatic rings. The number of ketones is 1. The number of nitrogens with zero attached hydrogens (tertiary/aromatic N) is 1. The topological polar surface area (TPSA) is 38.8 Å². The molecule has 1 saturated heterocycles. The lowest BCUT2D eigenvalue weighted by molar-refractivity contribution is -0.222. The standard InChI is InChI=1S/C28H34FNO3/c1-5-32-28-15-13-23(31)26(4)27(28,24-19(2)11-12-22(29)25(24)33-26)16-18-30(20(28)3)17-14-21-9-7-6-8-10-21/h6-12,20H,5,13-18H2,1-4H3/t20-,26+,27+,28-/m1/s1. The normalized spacial score (nSPS) is 33.2. The molecule has 1 saturated carbocycles. The molecule has 4 atom stereocenters. The molecule has 5 rings (SSSR count). The summed E-state index contributed by atoms with van der Waals surface area (Å²) in [4.78, 5) is 16.0. The van der Waals surface area contributed by atoms with Gasteiger partial charge in [0.05, 0.1) is 11.0 Å². The minimum atomic E-state index is -1.13. The van der Waals surface area contributed by atoms with E-state index in [-0.39, 0.29) is 17.6 Å². The summed E-state index contributed by atoms with van der Waals surface area (Å²) < 4.78 is 28.2. The molecule has 4 nitrogen and oxygen atoms in total. The summed E-state index contributed by atoms with van der Waals surface area (Å²) in [5, 5.41) is 0. The first-order valence-corrected chi connectivity index (χ1v) is 12.2. The molecule has 2 aliphatic heterocycles. The smallest absolute Gasteiger partial charge is 0.177 e. The number of hydrogen-bond acceptors (Lipinski definition) is 4. The molecule has 0 unspecified atom stereocenters. The lowest BCUT2D eigenvalue weighted by Gasteiger charge is -2.64. The van der Waals surface area contributed by atoms with Crippen molar-refractivity contribution >= 4 is 5.78 Å². The van der Waals surface area contributed by atoms with E-state index in [1.54, 1.807) is 0 Å². The van der Waals surface area contributed by atoms with Crippen LogP contribution in [0.5, 0.6) is 5.75 Å². The van der Waals surface area contributed by atoms with E-state index in [1.165, 1.54) is 11.6 Å². The predicted molar refractivity (Wildman–Crippen MR) is 126 cm³/mol. The van der Waals surface area contributed by atoms with Crippen LogP contribution in [0.15, 0.2) is 42.5 Å². The van der Waals surface area contributed by atoms with Crippen molar-refractivity contribution in [1.29, 1.82) is 0 Å². The maximum atomic E-state index is 15.1. The van der Waals surface area contributed by atoms with Gasteiger partial charge in [0.25, 0.3) is 0 Å². The molecule has 33 heavy (non-hydrogen) atoms. The number of aryl methyl sites for hydroxylation is 1. The second-order valence-electron chi connectivity index (χ2n) is 10.1. The molecule has 0 bridgehead atoms. The maximum Gasteiger partial charge on any atom is 0.177 e. The van der Waals surface area contributed by atoms with Crippen LogP contribution in [-0.4, -0.2) is 47.6 Å². The number of ether oxygens (including phenoxy) is 2. The van der Waals surface area contributed by atoms with Crippen molar-refractivity contribution in [2.45, 2.75) is 76.0 Å². The van der Waals surface area contributed by atoms with Crippen LogP contribution in [-0.2, 0) is 21.4 Å². The second-order valence-corrected chi connectivity index (χ2v) is 10.1. The number of carbonyl (C=O) groups is 1. The quantitative estimate of drug-likeness (QED) is 0.642. The third-order valence-corrected chi connectivity index (χ3v) is 8.77. The summed E-state index contributed by atoms with van der Waals surface area (Å²) in [6.45, 7) is 10.4. The highest BCUT2D eigenvalue weighted by Gasteiger charge is 2.76. The van der Waals surface area contributed by atoms with Gasteiger partial charge in [-0.2, -0.15) is 0 Å². The van der Waals surface area contributed by atoms with E-state index >= 15 is 4.39 Å². The highest BCUT2D eigenvalue weighted by Crippen LogP contribution is 2.66. The van der Waals surface area contributed by atoms with E-state index in [0.29, 0.717) is 25.9 Å². The van der Waals surface area contributed by atoms with Crippen LogP contribution in [0.4, 0.5) is 4.39 Å². The van der Waals surface area contributed by atoms with Crippen molar-refractivity contribution in [3.05, 3.63) is 65.0 Å². The van der Waals surface area contributed by atoms with Crippen molar-refractivity contribution in [1.82, 2.24) is 4.90 Å². The van der Waals surface area contributed by atoms with Crippen molar-refractivity contribution in [3.8, 4) is 5.75 Å². The van der Waals surface area contributed by atoms with Gasteiger partial charge in [-0.1, -0.05) is 36.4 Å². The molecular weight excluding hydrogens is 417 g/mol. The van der Waals surface area contributed by atoms with E-state index in [2.05, 4.69) is 36.1 Å². The maximum absolute atomic E-state index is 15.1. The van der Waals surface area contributed by atoms with Gasteiger partial charge in [0.2, 0.25) is 0 Å². The first-order valence-electron chi connectivity index (χ1n) is 12.2. The Hall–Kier alpha value is -2.24. The number of likely N-dealkylation sites (tertiary alicyclic amines) is 1. The fourth-order valence-electron chi connectivity index (χ4n) is 7.21. The monoisotopic (exact) mass is 451 g/mol. The van der Waals surface area contributed by atoms with E-state index < -0.39 is 22.4 Å². The SMILES string of the molecule is CCO[C@@]12CCC(=O)[C@]3(C)Oc4c(F)ccc(C)c4[C@@]31CCN(CCc1ccccc1)[C@@H]2C. The van der Waals surface area contributed by atoms with Gasteiger partial charge in [-0.05, 0) is 70.7 Å². The molecule has 2 aromatic carbocycles. The minimum Gasteiger partial charge on any atom is -0.475 e. The Morgan fingerprint density at radius 3 is 2.67 bits per heavy atom. The van der Waals surface area contributed by atoms with Gasteiger partial charge < -0.3 is 9.47 Å². The largest absolute Gasteiger partial charge is 0.475 e. The van der Waals surface area contributed by atoms with Crippen LogP contribution < -0.4 is 4.74 Å². The predicted octanol–water partition coefficient (Wildman–Crippen LogP) is 5.00. The first-order chi connectivity index (χ1) is 15.8. The Balaban J connectivity index is 1.62. The fraction of sp³-hybridized carbons (Fsp3) is 0.536. The number of benzene rings is 2. The lowest BCUT2D eigenvalue weighted by atomic mass is 9.48. The molecular formula is C28H34FNO3. The molecule has 0 N–H and O–H groups in total. The van der Waals surface area contributed by atoms with Crippen molar-refractivity contribution < 1.29 is 18.7 Å². The second kappa shape index (κ2) is 7.92. The van der Waals surface area contributed by atoms with Crippen LogP contribution in [0.3, 0.4) is 0 Å². The molecule has 5 heteroatoms. The zero-order chi connectivity index (χ0) is 23.4. The molecule has 0 radical (unpaired) electrons. The minimum absolute atomic E-state index is 0.0535. The van der Waals surface area contributed by atoms with Gasteiger partial charge >= 0.3 is 0 Å². The van der Waals surface area contributed by atoms with Gasteiger partial charge in [0, 0.05) is 31.2 Å². The summed E-state index contributed by atoms with van der Waals surface area (Å²) in [6, 6.07) is 13.9. The van der Waals surface area contributed by atoms with Gasteiger partial charge in [-0.25, -0.2) is 4.39 Å². The zero-order valence-electron chi connectivity index (χ0n) is 20.1. The number of piperidine rings is 1. The summed E-state index contributed by atoms with van der Waals surface area (Å²) in [5.41, 5.74) is 0.653. The number of halogens is 1. The molecule has 2 heterocycles. The third-order valence-electron chi connectivity index (χ3n) is 8.77. The van der Waals surface area contributed by atoms with Gasteiger partial charge in [-0.15, -0.1) is 0 Å². The van der Waals surface area contributed by atoms with Crippen LogP contribution in [0, 0.1) is 12.7 Å². The zero-order valence-corrected chi connectivity index (χ0v) is 20.1. The summed E-state index contributed by atoms with van der Waals surface area (Å²) in [5.74, 6) is -0.0857. The van der Waals surface area contributed by atoms with Crippen LogP contribution in [0.1, 0.15) is 56.7 Å². The van der Waals surface area contributed by atoms with Gasteiger partial charge in [0.1, 0.15) is 0 Å². The van der Waals surface area contributed by atoms with Gasteiger partial charge in [-0.3, -0.25) is 9.69 Å². The number of carbonyl (C=O) groups excluding carboxylic acids is 1. The lowest BCUT2D eigenvalue weighted by Crippen LogP contribution is -2.78. The van der Waals surface area contributed by atoms with Crippen molar-refractivity contribution in [3.63, 3.8) is 0 Å². The summed E-state index contributed by atoms with van der Waals surface area (Å²) >= 11 is 0. The molecule has 2 aromatic rings. The van der Waals surface area contributed by atoms with Crippen LogP contribution in [0.25, 0.3) is 0 Å². The van der Waals surface area contributed by atoms with E-state index in [1.807, 2.05) is 32.9 Å². The Morgan fingerprint density at radius 2 is 1.94 bits per heavy atom. The Bertz CT molecular complexity index is 1070. The number of Topliss-reactive ketones (excluding diaryl/α,β-unsaturated/α-hetero) is 1. The van der Waals surface area contributed by atoms with Gasteiger partial charge in [0.15, 0.2) is 23.0 Å². The fourth-order valence-corrected chi connectivity index (χ4v) is 7.21. The Kier molecular flexibility index (Phi) is 5.41. The highest BCUT2D eigenvalue weighted by atomic mass is 19.1. The van der Waals surface area contributed by atoms with E-state index in [0.717, 1.165) is 30.6 Å². The van der Waals surface area contributed by atoms with E-state index in [4.69, 9.17) is 9.47 Å². The average Bonchev–Trinajstić information content (AvgIpc) is 3.10. The molecule has 1 spiro atoms. The molecule has 0 amide bonds. The average molecular weight is 452 g/mol. The third kappa shape index (κ3) is 2.91. The number of fused-ring (bicyclic) bond motifs is 1. The first kappa shape index (κ1) is 22.5. The highest BCUT2D eigenvalue weighted by molar-refractivity contribution is 5.93. The number of rotatable bonds is 5. The van der Waals surface area contributed by atoms with Crippen LogP contribution >= 0.6 is 0 Å². The van der Waals surface area contributed by atoms with Crippen LogP contribution in [0.2, 0.25) is 0 Å². The summed E-state index contributed by atoms with van der Waals surface area (Å²) in [6.07, 6.45) is 2.66. The molecule has 0 aromatic heterocycles. The number of hydrogen-bond donors (Lipinski definition) is 0. The molecule has 176 valence electrons. The Morgan fingerprint density at radius 1 is 1.18 bits per heavy atom. The Labute approximate surface area is 196 Å². The van der Waals surface area contributed by atoms with E-state index in [9.17, 15) is 4.79 Å².